The molecule has 0 bridgehead atoms. The molecular weight excluding hydrogens is 477 g/mol. The van der Waals surface area contributed by atoms with Crippen LogP contribution < -0.4 is 5.32 Å². The molecule has 36 heavy (non-hydrogen) atoms. The molecule has 5 rings (SSSR count). The van der Waals surface area contributed by atoms with Crippen molar-refractivity contribution < 1.29 is 18.8 Å². The molecule has 1 fully saturated rings. The number of nitrogens with one attached hydrogen (secondary N) is 1. The number of carbonyl (C=O) groups excluding carboxylic acids is 3. The van der Waals surface area contributed by atoms with Crippen LogP contribution >= 0.6 is 11.8 Å². The van der Waals surface area contributed by atoms with Crippen LogP contribution in [-0.2, 0) is 22.7 Å². The number of aromatic nitrogens is 1. The number of rotatable bonds is 6. The van der Waals surface area contributed by atoms with Gasteiger partial charge in [0.15, 0.2) is 0 Å². The smallest absolute Gasteiger partial charge is 0.293 e. The second-order valence-electron chi connectivity index (χ2n) is 8.54. The summed E-state index contributed by atoms with van der Waals surface area (Å²) in [5.74, 6) is -0.985. The molecule has 6 nitrogen and oxygen atoms in total. The summed E-state index contributed by atoms with van der Waals surface area (Å²) in [6.07, 6.45) is 3.50. The number of carbonyl (C=O) groups is 3. The lowest BCUT2D eigenvalue weighted by atomic mass is 10.1. The third-order valence-corrected chi connectivity index (χ3v) is 6.79. The highest BCUT2D eigenvalue weighted by molar-refractivity contribution is 8.18. The number of halogens is 1. The molecule has 0 saturated carbocycles. The minimum absolute atomic E-state index is 0.0284. The van der Waals surface area contributed by atoms with E-state index in [1.807, 2.05) is 55.5 Å². The second-order valence-corrected chi connectivity index (χ2v) is 9.53. The summed E-state index contributed by atoms with van der Waals surface area (Å²) >= 11 is 0.913. The van der Waals surface area contributed by atoms with Crippen LogP contribution in [-0.4, -0.2) is 26.5 Å². The fraction of sp³-hybridized carbons (Fsp3) is 0.107. The molecule has 1 aliphatic rings. The van der Waals surface area contributed by atoms with Crippen molar-refractivity contribution >= 4 is 51.5 Å². The second kappa shape index (κ2) is 9.83. The zero-order valence-corrected chi connectivity index (χ0v) is 20.2. The van der Waals surface area contributed by atoms with Gasteiger partial charge in [-0.25, -0.2) is 4.39 Å². The van der Waals surface area contributed by atoms with E-state index in [9.17, 15) is 18.8 Å². The Morgan fingerprint density at radius 3 is 2.47 bits per heavy atom. The highest BCUT2D eigenvalue weighted by Crippen LogP contribution is 2.35. The molecule has 8 heteroatoms. The molecule has 180 valence electrons. The number of aryl methyl sites for hydroxylation is 1. The number of amides is 3. The molecule has 1 N–H and O–H groups in total. The predicted octanol–water partition coefficient (Wildman–Crippen LogP) is 5.96. The largest absolute Gasteiger partial charge is 0.337 e. The number of fused-ring (bicyclic) bond motifs is 1. The maximum atomic E-state index is 13.1. The minimum atomic E-state index is -0.377. The summed E-state index contributed by atoms with van der Waals surface area (Å²) in [5, 5.41) is 3.31. The van der Waals surface area contributed by atoms with E-state index in [1.54, 1.807) is 16.8 Å². The predicted molar refractivity (Wildman–Crippen MR) is 140 cm³/mol. The van der Waals surface area contributed by atoms with Crippen molar-refractivity contribution in [1.29, 1.82) is 0 Å². The van der Waals surface area contributed by atoms with E-state index in [2.05, 4.69) is 5.32 Å². The first-order chi connectivity index (χ1) is 17.4. The maximum absolute atomic E-state index is 13.1. The fourth-order valence-corrected chi connectivity index (χ4v) is 4.89. The van der Waals surface area contributed by atoms with Gasteiger partial charge < -0.3 is 9.88 Å². The Morgan fingerprint density at radius 1 is 1.00 bits per heavy atom. The van der Waals surface area contributed by atoms with Crippen LogP contribution in [0, 0.1) is 12.7 Å². The first kappa shape index (κ1) is 23.6. The molecule has 0 spiro atoms. The van der Waals surface area contributed by atoms with Crippen molar-refractivity contribution in [3.63, 3.8) is 0 Å². The molecule has 1 saturated heterocycles. The summed E-state index contributed by atoms with van der Waals surface area (Å²) < 4.78 is 14.9. The lowest BCUT2D eigenvalue weighted by Gasteiger charge is -2.12. The Kier molecular flexibility index (Phi) is 6.43. The number of hydrogen-bond acceptors (Lipinski definition) is 4. The zero-order chi connectivity index (χ0) is 25.2. The number of imide groups is 1. The Balaban J connectivity index is 1.38. The number of benzene rings is 3. The Hall–Kier alpha value is -4.17. The van der Waals surface area contributed by atoms with Gasteiger partial charge >= 0.3 is 0 Å². The van der Waals surface area contributed by atoms with Crippen molar-refractivity contribution in [2.75, 3.05) is 5.32 Å². The molecule has 0 radical (unpaired) electrons. The van der Waals surface area contributed by atoms with Crippen molar-refractivity contribution in [3.8, 4) is 0 Å². The van der Waals surface area contributed by atoms with Gasteiger partial charge in [-0.15, -0.1) is 0 Å². The number of hydrogen-bond donors (Lipinski definition) is 1. The SMILES string of the molecule is Cc1ccc(CN2C(=O)S/C(=C\c3cn(CC(=O)Nc4ccc(F)cc4)c4ccccc34)C2=O)cc1. The average Bonchev–Trinajstić information content (AvgIpc) is 3.33. The molecule has 0 unspecified atom stereocenters. The summed E-state index contributed by atoms with van der Waals surface area (Å²) in [6.45, 7) is 2.23. The van der Waals surface area contributed by atoms with Crippen LogP contribution in [0.15, 0.2) is 83.9 Å². The van der Waals surface area contributed by atoms with Gasteiger partial charge in [0.25, 0.3) is 11.1 Å². The quantitative estimate of drug-likeness (QED) is 0.332. The molecule has 3 aromatic carbocycles. The van der Waals surface area contributed by atoms with Gasteiger partial charge in [-0.1, -0.05) is 48.0 Å². The van der Waals surface area contributed by atoms with Crippen LogP contribution in [0.5, 0.6) is 0 Å². The van der Waals surface area contributed by atoms with Crippen molar-refractivity contribution in [3.05, 3.63) is 106 Å². The van der Waals surface area contributed by atoms with Gasteiger partial charge in [0.1, 0.15) is 12.4 Å². The van der Waals surface area contributed by atoms with Gasteiger partial charge in [-0.2, -0.15) is 0 Å². The van der Waals surface area contributed by atoms with E-state index in [4.69, 9.17) is 0 Å². The molecule has 0 atom stereocenters. The Labute approximate surface area is 211 Å². The molecule has 0 aliphatic carbocycles. The summed E-state index contributed by atoms with van der Waals surface area (Å²) in [5.41, 5.74) is 4.04. The van der Waals surface area contributed by atoms with Gasteiger partial charge in [0.05, 0.1) is 11.4 Å². The summed E-state index contributed by atoms with van der Waals surface area (Å²) in [4.78, 5) is 39.9. The van der Waals surface area contributed by atoms with Gasteiger partial charge in [0.2, 0.25) is 5.91 Å². The van der Waals surface area contributed by atoms with Crippen molar-refractivity contribution in [2.45, 2.75) is 20.0 Å². The molecule has 4 aromatic rings. The van der Waals surface area contributed by atoms with Crippen molar-refractivity contribution in [1.82, 2.24) is 9.47 Å². The monoisotopic (exact) mass is 499 g/mol. The third-order valence-electron chi connectivity index (χ3n) is 5.88. The Morgan fingerprint density at radius 2 is 1.72 bits per heavy atom. The first-order valence-corrected chi connectivity index (χ1v) is 12.1. The van der Waals surface area contributed by atoms with Crippen LogP contribution in [0.1, 0.15) is 16.7 Å². The average molecular weight is 500 g/mol. The summed E-state index contributed by atoms with van der Waals surface area (Å²) in [7, 11) is 0. The zero-order valence-electron chi connectivity index (χ0n) is 19.4. The van der Waals surface area contributed by atoms with E-state index in [0.717, 1.165) is 39.4 Å². The fourth-order valence-electron chi connectivity index (χ4n) is 4.06. The van der Waals surface area contributed by atoms with Crippen LogP contribution in [0.4, 0.5) is 14.9 Å². The molecule has 3 amide bonds. The number of anilines is 1. The maximum Gasteiger partial charge on any atom is 0.293 e. The highest BCUT2D eigenvalue weighted by atomic mass is 32.2. The first-order valence-electron chi connectivity index (χ1n) is 11.3. The molecule has 1 aliphatic heterocycles. The van der Waals surface area contributed by atoms with E-state index >= 15 is 0 Å². The van der Waals surface area contributed by atoms with Gasteiger partial charge in [0, 0.05) is 28.4 Å². The van der Waals surface area contributed by atoms with E-state index < -0.39 is 0 Å². The molecular formula is C28H22FN3O3S. The highest BCUT2D eigenvalue weighted by Gasteiger charge is 2.35. The molecule has 1 aromatic heterocycles. The van der Waals surface area contributed by atoms with Crippen LogP contribution in [0.2, 0.25) is 0 Å². The summed E-state index contributed by atoms with van der Waals surface area (Å²) in [6, 6.07) is 20.8. The number of thioether (sulfide) groups is 1. The minimum Gasteiger partial charge on any atom is -0.337 e. The van der Waals surface area contributed by atoms with E-state index in [-0.39, 0.29) is 36.0 Å². The molecule has 2 heterocycles. The standard InChI is InChI=1S/C28H22FN3O3S/c1-18-6-8-19(9-7-18)15-32-27(34)25(36-28(32)35)14-20-16-31(24-5-3-2-4-23(20)24)17-26(33)30-22-12-10-21(29)11-13-22/h2-14,16H,15,17H2,1H3,(H,30,33)/b25-14-. The van der Waals surface area contributed by atoms with Crippen LogP contribution in [0.25, 0.3) is 17.0 Å². The normalized spacial score (nSPS) is 14.7. The van der Waals surface area contributed by atoms with E-state index in [0.29, 0.717) is 10.6 Å². The third kappa shape index (κ3) is 4.94. The van der Waals surface area contributed by atoms with Gasteiger partial charge in [-0.05, 0) is 60.7 Å². The van der Waals surface area contributed by atoms with E-state index in [1.165, 1.54) is 29.2 Å². The lowest BCUT2D eigenvalue weighted by molar-refractivity contribution is -0.123. The Bertz CT molecular complexity index is 1510. The van der Waals surface area contributed by atoms with Gasteiger partial charge in [-0.3, -0.25) is 19.3 Å². The van der Waals surface area contributed by atoms with Crippen molar-refractivity contribution in [2.24, 2.45) is 0 Å². The lowest BCUT2D eigenvalue weighted by Crippen LogP contribution is -2.27. The number of para-hydroxylation sites is 1. The topological polar surface area (TPSA) is 71.4 Å². The van der Waals surface area contributed by atoms with Crippen LogP contribution in [0.3, 0.4) is 0 Å². The number of nitrogens with zero attached hydrogens (tertiary/aromatic N) is 2.